The van der Waals surface area contributed by atoms with Crippen molar-refractivity contribution in [1.82, 2.24) is 9.97 Å². The fourth-order valence-corrected chi connectivity index (χ4v) is 1.74. The van der Waals surface area contributed by atoms with E-state index in [0.29, 0.717) is 10.2 Å². The minimum Gasteiger partial charge on any atom is -0.244 e. The molecule has 0 N–H and O–H groups in total. The third-order valence-electron chi connectivity index (χ3n) is 2.13. The molecular formula is C11H8BrFN2. The Labute approximate surface area is 95.3 Å². The van der Waals surface area contributed by atoms with Crippen LogP contribution in [-0.2, 0) is 0 Å². The molecule has 0 aliphatic carbocycles. The van der Waals surface area contributed by atoms with Crippen molar-refractivity contribution in [3.8, 4) is 11.1 Å². The van der Waals surface area contributed by atoms with E-state index in [1.54, 1.807) is 25.3 Å². The Kier molecular flexibility index (Phi) is 2.77. The highest BCUT2D eigenvalue weighted by atomic mass is 79.9. The smallest absolute Gasteiger partial charge is 0.126 e. The van der Waals surface area contributed by atoms with Crippen molar-refractivity contribution in [1.29, 1.82) is 0 Å². The summed E-state index contributed by atoms with van der Waals surface area (Å²) in [6.07, 6.45) is 3.16. The Bertz CT molecular complexity index is 500. The van der Waals surface area contributed by atoms with E-state index in [9.17, 15) is 4.39 Å². The lowest BCUT2D eigenvalue weighted by Gasteiger charge is -2.04. The van der Waals surface area contributed by atoms with Gasteiger partial charge in [-0.3, -0.25) is 0 Å². The zero-order valence-electron chi connectivity index (χ0n) is 8.04. The molecule has 4 heteroatoms. The van der Waals surface area contributed by atoms with Crippen LogP contribution < -0.4 is 0 Å². The van der Waals surface area contributed by atoms with Crippen molar-refractivity contribution in [2.75, 3.05) is 0 Å². The predicted octanol–water partition coefficient (Wildman–Crippen LogP) is 3.35. The highest BCUT2D eigenvalue weighted by molar-refractivity contribution is 9.10. The van der Waals surface area contributed by atoms with E-state index in [0.717, 1.165) is 11.1 Å². The number of halogens is 2. The highest BCUT2D eigenvalue weighted by Crippen LogP contribution is 2.26. The molecule has 2 rings (SSSR count). The molecule has 0 saturated carbocycles. The molecule has 0 bridgehead atoms. The molecule has 0 aliphatic rings. The van der Waals surface area contributed by atoms with Gasteiger partial charge in [-0.25, -0.2) is 14.4 Å². The quantitative estimate of drug-likeness (QED) is 0.740. The SMILES string of the molecule is Cc1cc(-c2cncnc2Br)ccc1F. The Hall–Kier alpha value is -1.29. The second kappa shape index (κ2) is 4.06. The largest absolute Gasteiger partial charge is 0.244 e. The standard InChI is InChI=1S/C11H8BrFN2/c1-7-4-8(2-3-10(7)13)9-5-14-6-15-11(9)12/h2-6H,1H3. The van der Waals surface area contributed by atoms with Crippen molar-refractivity contribution in [3.05, 3.63) is 46.7 Å². The fraction of sp³-hybridized carbons (Fsp3) is 0.0909. The maximum atomic E-state index is 13.1. The molecule has 1 aromatic carbocycles. The molecule has 1 heterocycles. The average Bonchev–Trinajstić information content (AvgIpc) is 2.23. The van der Waals surface area contributed by atoms with Crippen LogP contribution in [0, 0.1) is 12.7 Å². The summed E-state index contributed by atoms with van der Waals surface area (Å²) in [6, 6.07) is 4.94. The van der Waals surface area contributed by atoms with Gasteiger partial charge in [0.05, 0.1) is 0 Å². The van der Waals surface area contributed by atoms with Gasteiger partial charge in [-0.2, -0.15) is 0 Å². The molecule has 0 unspecified atom stereocenters. The molecule has 1 aromatic heterocycles. The topological polar surface area (TPSA) is 25.8 Å². The maximum Gasteiger partial charge on any atom is 0.126 e. The predicted molar refractivity (Wildman–Crippen MR) is 59.9 cm³/mol. The Balaban J connectivity index is 2.55. The molecule has 0 radical (unpaired) electrons. The number of hydrogen-bond acceptors (Lipinski definition) is 2. The first-order valence-corrected chi connectivity index (χ1v) is 5.20. The van der Waals surface area contributed by atoms with Crippen LogP contribution in [-0.4, -0.2) is 9.97 Å². The molecule has 0 aliphatic heterocycles. The summed E-state index contributed by atoms with van der Waals surface area (Å²) in [5, 5.41) is 0. The first-order valence-electron chi connectivity index (χ1n) is 4.40. The monoisotopic (exact) mass is 266 g/mol. The number of rotatable bonds is 1. The third kappa shape index (κ3) is 2.04. The van der Waals surface area contributed by atoms with Crippen LogP contribution in [0.3, 0.4) is 0 Å². The van der Waals surface area contributed by atoms with Gasteiger partial charge in [0.2, 0.25) is 0 Å². The number of aromatic nitrogens is 2. The minimum absolute atomic E-state index is 0.202. The summed E-state index contributed by atoms with van der Waals surface area (Å²) in [5.74, 6) is -0.202. The minimum atomic E-state index is -0.202. The van der Waals surface area contributed by atoms with Gasteiger partial charge in [0.15, 0.2) is 0 Å². The third-order valence-corrected chi connectivity index (χ3v) is 2.76. The highest BCUT2D eigenvalue weighted by Gasteiger charge is 2.05. The van der Waals surface area contributed by atoms with E-state index in [-0.39, 0.29) is 5.82 Å². The maximum absolute atomic E-state index is 13.1. The van der Waals surface area contributed by atoms with Crippen molar-refractivity contribution in [2.45, 2.75) is 6.92 Å². The van der Waals surface area contributed by atoms with E-state index in [1.807, 2.05) is 0 Å². The van der Waals surface area contributed by atoms with Gasteiger partial charge >= 0.3 is 0 Å². The lowest BCUT2D eigenvalue weighted by atomic mass is 10.1. The molecule has 0 saturated heterocycles. The van der Waals surface area contributed by atoms with Crippen LogP contribution in [0.4, 0.5) is 4.39 Å². The van der Waals surface area contributed by atoms with E-state index < -0.39 is 0 Å². The van der Waals surface area contributed by atoms with Gasteiger partial charge in [0, 0.05) is 11.8 Å². The molecule has 2 aromatic rings. The summed E-state index contributed by atoms with van der Waals surface area (Å²) in [4.78, 5) is 7.96. The van der Waals surface area contributed by atoms with E-state index in [4.69, 9.17) is 0 Å². The first kappa shape index (κ1) is 10.2. The lowest BCUT2D eigenvalue weighted by Crippen LogP contribution is -1.88. The molecule has 0 atom stereocenters. The summed E-state index contributed by atoms with van der Waals surface area (Å²) < 4.78 is 13.8. The van der Waals surface area contributed by atoms with Crippen molar-refractivity contribution in [2.24, 2.45) is 0 Å². The van der Waals surface area contributed by atoms with Crippen LogP contribution in [0.25, 0.3) is 11.1 Å². The van der Waals surface area contributed by atoms with Gasteiger partial charge in [-0.1, -0.05) is 6.07 Å². The zero-order valence-corrected chi connectivity index (χ0v) is 9.62. The molecule has 2 nitrogen and oxygen atoms in total. The van der Waals surface area contributed by atoms with Crippen LogP contribution in [0.1, 0.15) is 5.56 Å². The first-order chi connectivity index (χ1) is 7.18. The molecule has 0 spiro atoms. The Morgan fingerprint density at radius 2 is 2.13 bits per heavy atom. The van der Waals surface area contributed by atoms with Crippen LogP contribution in [0.15, 0.2) is 35.3 Å². The molecule has 0 amide bonds. The second-order valence-corrected chi connectivity index (χ2v) is 3.94. The average molecular weight is 267 g/mol. The Morgan fingerprint density at radius 1 is 1.33 bits per heavy atom. The van der Waals surface area contributed by atoms with Crippen molar-refractivity contribution >= 4 is 15.9 Å². The molecule has 76 valence electrons. The summed E-state index contributed by atoms with van der Waals surface area (Å²) in [7, 11) is 0. The van der Waals surface area contributed by atoms with E-state index in [1.165, 1.54) is 12.4 Å². The number of benzene rings is 1. The summed E-state index contributed by atoms with van der Waals surface area (Å²) in [5.41, 5.74) is 2.38. The second-order valence-electron chi connectivity index (χ2n) is 3.19. The van der Waals surface area contributed by atoms with E-state index >= 15 is 0 Å². The van der Waals surface area contributed by atoms with Crippen molar-refractivity contribution in [3.63, 3.8) is 0 Å². The zero-order chi connectivity index (χ0) is 10.8. The van der Waals surface area contributed by atoms with Crippen LogP contribution in [0.2, 0.25) is 0 Å². The number of hydrogen-bond donors (Lipinski definition) is 0. The molecular weight excluding hydrogens is 259 g/mol. The van der Waals surface area contributed by atoms with Gasteiger partial charge in [0.25, 0.3) is 0 Å². The van der Waals surface area contributed by atoms with Gasteiger partial charge in [0.1, 0.15) is 16.7 Å². The molecule has 0 fully saturated rings. The summed E-state index contributed by atoms with van der Waals surface area (Å²) in [6.45, 7) is 1.73. The van der Waals surface area contributed by atoms with Crippen molar-refractivity contribution < 1.29 is 4.39 Å². The Morgan fingerprint density at radius 3 is 2.80 bits per heavy atom. The normalized spacial score (nSPS) is 10.3. The van der Waals surface area contributed by atoms with Crippen LogP contribution >= 0.6 is 15.9 Å². The van der Waals surface area contributed by atoms with Gasteiger partial charge in [-0.05, 0) is 46.1 Å². The van der Waals surface area contributed by atoms with Gasteiger partial charge < -0.3 is 0 Å². The fourth-order valence-electron chi connectivity index (χ4n) is 1.32. The van der Waals surface area contributed by atoms with Crippen LogP contribution in [0.5, 0.6) is 0 Å². The molecule has 15 heavy (non-hydrogen) atoms. The number of aryl methyl sites for hydroxylation is 1. The number of nitrogens with zero attached hydrogens (tertiary/aromatic N) is 2. The summed E-state index contributed by atoms with van der Waals surface area (Å²) >= 11 is 3.33. The van der Waals surface area contributed by atoms with Gasteiger partial charge in [-0.15, -0.1) is 0 Å². The lowest BCUT2D eigenvalue weighted by molar-refractivity contribution is 0.619. The van der Waals surface area contributed by atoms with E-state index in [2.05, 4.69) is 25.9 Å².